The number of halogens is 2. The van der Waals surface area contributed by atoms with Gasteiger partial charge in [-0.25, -0.2) is 15.0 Å². The first-order chi connectivity index (χ1) is 17.2. The Morgan fingerprint density at radius 3 is 2.58 bits per heavy atom. The minimum absolute atomic E-state index is 0.240. The van der Waals surface area contributed by atoms with Gasteiger partial charge in [-0.05, 0) is 54.1 Å². The molecule has 0 aliphatic carbocycles. The van der Waals surface area contributed by atoms with E-state index in [1.807, 2.05) is 24.3 Å². The van der Waals surface area contributed by atoms with E-state index in [-0.39, 0.29) is 11.4 Å². The first-order valence-corrected chi connectivity index (χ1v) is 11.2. The van der Waals surface area contributed by atoms with Gasteiger partial charge in [0, 0.05) is 36.6 Å². The number of nitrogen functional groups attached to an aromatic ring is 1. The zero-order valence-corrected chi connectivity index (χ0v) is 19.8. The van der Waals surface area contributed by atoms with Crippen LogP contribution in [0, 0.1) is 0 Å². The number of carbonyl (C=O) groups is 1. The Morgan fingerprint density at radius 2 is 1.94 bits per heavy atom. The van der Waals surface area contributed by atoms with Gasteiger partial charge >= 0.3 is 6.16 Å². The van der Waals surface area contributed by atoms with Crippen molar-refractivity contribution in [2.75, 3.05) is 12.8 Å². The number of hydrogen-bond acceptors (Lipinski definition) is 8. The van der Waals surface area contributed by atoms with Crippen LogP contribution in [0.5, 0.6) is 0 Å². The van der Waals surface area contributed by atoms with E-state index < -0.39 is 6.16 Å². The van der Waals surface area contributed by atoms with E-state index in [0.29, 0.717) is 45.3 Å². The lowest BCUT2D eigenvalue weighted by atomic mass is 10.1. The molecule has 11 heteroatoms. The van der Waals surface area contributed by atoms with E-state index in [9.17, 15) is 19.4 Å². The Morgan fingerprint density at radius 1 is 1.19 bits per heavy atom. The Kier molecular flexibility index (Phi) is 7.11. The highest BCUT2D eigenvalue weighted by Crippen LogP contribution is 2.31. The molecule has 0 amide bonds. The fourth-order valence-electron chi connectivity index (χ4n) is 3.51. The number of rotatable bonds is 8. The van der Waals surface area contributed by atoms with Crippen molar-refractivity contribution in [1.82, 2.24) is 24.4 Å². The van der Waals surface area contributed by atoms with Crippen LogP contribution in [0.2, 0.25) is 0 Å². The van der Waals surface area contributed by atoms with Crippen LogP contribution in [0.3, 0.4) is 0 Å². The van der Waals surface area contributed by atoms with Crippen molar-refractivity contribution in [2.45, 2.75) is 12.0 Å². The molecule has 0 saturated carbocycles. The van der Waals surface area contributed by atoms with Gasteiger partial charge in [-0.2, -0.15) is 4.39 Å². The van der Waals surface area contributed by atoms with E-state index in [0.717, 1.165) is 24.5 Å². The van der Waals surface area contributed by atoms with Gasteiger partial charge in [-0.15, -0.1) is 11.6 Å². The number of aliphatic hydroxyl groups is 2. The average Bonchev–Trinajstić information content (AvgIpc) is 3.24. The second kappa shape index (κ2) is 10.2. The number of aromatic nitrogens is 4. The summed E-state index contributed by atoms with van der Waals surface area (Å²) in [6.45, 7) is 0. The predicted molar refractivity (Wildman–Crippen MR) is 135 cm³/mol. The zero-order chi connectivity index (χ0) is 25.9. The summed E-state index contributed by atoms with van der Waals surface area (Å²) < 4.78 is 15.4. The van der Waals surface area contributed by atoms with Crippen LogP contribution in [0.15, 0.2) is 73.1 Å². The summed E-state index contributed by atoms with van der Waals surface area (Å²) in [6, 6.07) is 14.4. The minimum atomic E-state index is -3.61. The summed E-state index contributed by atoms with van der Waals surface area (Å²) in [7, 11) is 1.12. The predicted octanol–water partition coefficient (Wildman–Crippen LogP) is 3.40. The number of imidazole rings is 1. The van der Waals surface area contributed by atoms with E-state index >= 15 is 0 Å². The molecule has 0 spiro atoms. The molecule has 0 aliphatic heterocycles. The third-order valence-electron chi connectivity index (χ3n) is 5.36. The van der Waals surface area contributed by atoms with Crippen molar-refractivity contribution >= 4 is 40.4 Å². The number of nitrogens with zero attached hydrogens (tertiary/aromatic N) is 5. The zero-order valence-electron chi connectivity index (χ0n) is 19.1. The molecule has 3 aromatic heterocycles. The lowest BCUT2D eigenvalue weighted by Crippen LogP contribution is -2.38. The van der Waals surface area contributed by atoms with Crippen molar-refractivity contribution in [1.29, 1.82) is 0 Å². The van der Waals surface area contributed by atoms with Crippen molar-refractivity contribution in [3.8, 4) is 17.1 Å². The number of aldehydes is 1. The number of carbonyl (C=O) groups excluding carboxylic acids is 1. The maximum absolute atomic E-state index is 13.6. The number of anilines is 1. The molecule has 3 heterocycles. The van der Waals surface area contributed by atoms with Crippen LogP contribution >= 0.6 is 11.6 Å². The number of nitrogens with two attached hydrogens (primary N) is 1. The lowest BCUT2D eigenvalue weighted by molar-refractivity contribution is -0.329. The number of allylic oxidation sites excluding steroid dienone is 3. The number of pyridine rings is 2. The molecule has 0 saturated heterocycles. The Labute approximate surface area is 210 Å². The van der Waals surface area contributed by atoms with Crippen molar-refractivity contribution in [3.63, 3.8) is 0 Å². The second-order valence-electron chi connectivity index (χ2n) is 7.79. The van der Waals surface area contributed by atoms with Gasteiger partial charge in [-0.1, -0.05) is 12.1 Å². The molecular weight excluding hydrogens is 487 g/mol. The summed E-state index contributed by atoms with van der Waals surface area (Å²) in [4.78, 5) is 25.1. The molecule has 9 nitrogen and oxygen atoms in total. The van der Waals surface area contributed by atoms with Gasteiger partial charge in [0.2, 0.25) is 0 Å². The fraction of sp³-hybridized carbons (Fsp3) is 0.120. The van der Waals surface area contributed by atoms with Crippen LogP contribution in [0.25, 0.3) is 33.8 Å². The molecule has 0 atom stereocenters. The molecule has 1 aromatic carbocycles. The van der Waals surface area contributed by atoms with Crippen molar-refractivity contribution in [2.24, 2.45) is 0 Å². The van der Waals surface area contributed by atoms with Crippen LogP contribution in [0.1, 0.15) is 11.3 Å². The highest BCUT2D eigenvalue weighted by Gasteiger charge is 2.26. The molecule has 4 rings (SSSR count). The first kappa shape index (κ1) is 25.0. The highest BCUT2D eigenvalue weighted by molar-refractivity contribution is 6.17. The maximum atomic E-state index is 13.6. The SMILES string of the molecule is CN(/C=C(\C=C/C=O)c1ccc2nc(-c3cccnc3N)n(-c3ccc(CCl)cc3)c2n1)C(O)(O)F. The Bertz CT molecular complexity index is 1460. The van der Waals surface area contributed by atoms with Crippen molar-refractivity contribution < 1.29 is 19.4 Å². The van der Waals surface area contributed by atoms with E-state index in [1.54, 1.807) is 35.0 Å². The highest BCUT2D eigenvalue weighted by atomic mass is 35.5. The summed E-state index contributed by atoms with van der Waals surface area (Å²) in [5, 5.41) is 18.6. The van der Waals surface area contributed by atoms with Gasteiger partial charge in [-0.3, -0.25) is 9.36 Å². The van der Waals surface area contributed by atoms with E-state index in [1.165, 1.54) is 12.2 Å². The van der Waals surface area contributed by atoms with E-state index in [4.69, 9.17) is 27.3 Å². The maximum Gasteiger partial charge on any atom is 0.407 e. The standard InChI is InChI=1S/C25H22ClFN6O3/c1-32(25(27,35)36)15-17(4-3-13-34)20-10-11-21-24(30-20)33(18-8-6-16(14-26)7-9-18)23(31-21)19-5-2-12-29-22(19)28/h2-13,15,35-36H,14H2,1H3,(H2,28,29)/b4-3-,17-15+. The quantitative estimate of drug-likeness (QED) is 0.0824. The van der Waals surface area contributed by atoms with Crippen molar-refractivity contribution in [3.05, 3.63) is 84.3 Å². The monoisotopic (exact) mass is 508 g/mol. The van der Waals surface area contributed by atoms with Crippen LogP contribution < -0.4 is 5.73 Å². The minimum Gasteiger partial charge on any atom is -0.383 e. The molecule has 0 fully saturated rings. The molecule has 184 valence electrons. The normalized spacial score (nSPS) is 12.4. The van der Waals surface area contributed by atoms with Gasteiger partial charge in [0.05, 0.1) is 11.3 Å². The third-order valence-corrected chi connectivity index (χ3v) is 5.67. The van der Waals surface area contributed by atoms with Crippen LogP contribution in [-0.4, -0.2) is 54.1 Å². The number of alkyl halides is 2. The average molecular weight is 509 g/mol. The van der Waals surface area contributed by atoms with Gasteiger partial charge < -0.3 is 20.8 Å². The Balaban J connectivity index is 1.98. The molecule has 0 bridgehead atoms. The smallest absolute Gasteiger partial charge is 0.383 e. The summed E-state index contributed by atoms with van der Waals surface area (Å²) in [5.74, 6) is 1.14. The Hall–Kier alpha value is -4.12. The number of fused-ring (bicyclic) bond motifs is 1. The molecule has 0 radical (unpaired) electrons. The van der Waals surface area contributed by atoms with Crippen LogP contribution in [0.4, 0.5) is 10.2 Å². The number of hydrogen-bond donors (Lipinski definition) is 3. The summed E-state index contributed by atoms with van der Waals surface area (Å²) in [5.41, 5.74) is 9.94. The topological polar surface area (TPSA) is 130 Å². The van der Waals surface area contributed by atoms with Crippen LogP contribution in [-0.2, 0) is 10.7 Å². The first-order valence-electron chi connectivity index (χ1n) is 10.7. The largest absolute Gasteiger partial charge is 0.407 e. The molecule has 36 heavy (non-hydrogen) atoms. The molecule has 4 aromatic rings. The molecule has 4 N–H and O–H groups in total. The van der Waals surface area contributed by atoms with Gasteiger partial charge in [0.15, 0.2) is 11.5 Å². The molecule has 0 unspecified atom stereocenters. The molecular formula is C25H22ClFN6O3. The third kappa shape index (κ3) is 5.10. The molecule has 0 aliphatic rings. The van der Waals surface area contributed by atoms with Gasteiger partial charge in [0.1, 0.15) is 17.6 Å². The summed E-state index contributed by atoms with van der Waals surface area (Å²) >= 11 is 5.96. The van der Waals surface area contributed by atoms with Gasteiger partial charge in [0.25, 0.3) is 0 Å². The number of benzene rings is 1. The summed E-state index contributed by atoms with van der Waals surface area (Å²) in [6.07, 6.45) is 2.19. The lowest BCUT2D eigenvalue weighted by Gasteiger charge is -2.23. The van der Waals surface area contributed by atoms with E-state index in [2.05, 4.69) is 4.98 Å². The fourth-order valence-corrected chi connectivity index (χ4v) is 3.69. The second-order valence-corrected chi connectivity index (χ2v) is 8.06.